The third-order valence-corrected chi connectivity index (χ3v) is 5.11. The van der Waals surface area contributed by atoms with Crippen molar-refractivity contribution in [3.05, 3.63) is 59.7 Å². The van der Waals surface area contributed by atoms with Crippen molar-refractivity contribution < 1.29 is 13.2 Å². The Morgan fingerprint density at radius 3 is 2.54 bits per heavy atom. The highest BCUT2D eigenvalue weighted by Gasteiger charge is 2.31. The van der Waals surface area contributed by atoms with Crippen LogP contribution >= 0.6 is 0 Å². The van der Waals surface area contributed by atoms with Gasteiger partial charge in [-0.2, -0.15) is 5.10 Å². The number of anilines is 2. The smallest absolute Gasteiger partial charge is 0.240 e. The Kier molecular flexibility index (Phi) is 5.42. The van der Waals surface area contributed by atoms with Crippen LogP contribution in [0.15, 0.2) is 53.6 Å². The van der Waals surface area contributed by atoms with Crippen molar-refractivity contribution in [2.75, 3.05) is 30.0 Å². The molecule has 2 aromatic rings. The summed E-state index contributed by atoms with van der Waals surface area (Å²) in [4.78, 5) is 14.2. The van der Waals surface area contributed by atoms with Gasteiger partial charge in [-0.25, -0.2) is 13.4 Å². The zero-order valence-electron chi connectivity index (χ0n) is 16.4. The molecule has 1 aliphatic heterocycles. The van der Waals surface area contributed by atoms with Crippen LogP contribution in [0.25, 0.3) is 0 Å². The second-order valence-electron chi connectivity index (χ2n) is 7.07. The summed E-state index contributed by atoms with van der Waals surface area (Å²) in [6.45, 7) is 1.50. The molecule has 0 fully saturated rings. The predicted octanol–water partition coefficient (Wildman–Crippen LogP) is 2.82. The first-order valence-electron chi connectivity index (χ1n) is 8.87. The van der Waals surface area contributed by atoms with E-state index in [1.54, 1.807) is 18.2 Å². The summed E-state index contributed by atoms with van der Waals surface area (Å²) < 4.78 is 25.5. The van der Waals surface area contributed by atoms with Crippen LogP contribution in [0.5, 0.6) is 0 Å². The highest BCUT2D eigenvalue weighted by atomic mass is 32.2. The zero-order valence-corrected chi connectivity index (χ0v) is 17.2. The molecule has 7 nitrogen and oxygen atoms in total. The molecule has 0 radical (unpaired) electrons. The molecule has 148 valence electrons. The standard InChI is InChI=1S/C20H24N4O3S/c1-14(25)24-20(16-8-6-10-18(12-16)23(2)3)13-19(21-24)15-7-5-9-17(11-15)22-28(4,26)27/h5-12,20,22H,13H2,1-4H3/t20-/m1/s1. The van der Waals surface area contributed by atoms with E-state index >= 15 is 0 Å². The first-order valence-corrected chi connectivity index (χ1v) is 10.8. The monoisotopic (exact) mass is 400 g/mol. The van der Waals surface area contributed by atoms with E-state index in [4.69, 9.17) is 0 Å². The molecule has 0 saturated heterocycles. The molecular weight excluding hydrogens is 376 g/mol. The summed E-state index contributed by atoms with van der Waals surface area (Å²) in [6, 6.07) is 14.9. The van der Waals surface area contributed by atoms with Gasteiger partial charge in [-0.3, -0.25) is 9.52 Å². The molecule has 8 heteroatoms. The highest BCUT2D eigenvalue weighted by Crippen LogP contribution is 2.34. The van der Waals surface area contributed by atoms with E-state index in [1.807, 2.05) is 43.3 Å². The zero-order chi connectivity index (χ0) is 20.5. The molecule has 1 aliphatic rings. The fourth-order valence-electron chi connectivity index (χ4n) is 3.22. The van der Waals surface area contributed by atoms with Crippen molar-refractivity contribution in [3.8, 4) is 0 Å². The molecular formula is C20H24N4O3S. The fourth-order valence-corrected chi connectivity index (χ4v) is 3.78. The third kappa shape index (κ3) is 4.51. The van der Waals surface area contributed by atoms with Crippen LogP contribution < -0.4 is 9.62 Å². The number of amides is 1. The van der Waals surface area contributed by atoms with Crippen LogP contribution in [0.2, 0.25) is 0 Å². The Balaban J connectivity index is 1.93. The number of carbonyl (C=O) groups excluding carboxylic acids is 1. The molecule has 1 N–H and O–H groups in total. The predicted molar refractivity (Wildman–Crippen MR) is 112 cm³/mol. The van der Waals surface area contributed by atoms with Gasteiger partial charge in [0.05, 0.1) is 18.0 Å². The van der Waals surface area contributed by atoms with Gasteiger partial charge in [0.1, 0.15) is 0 Å². The van der Waals surface area contributed by atoms with Gasteiger partial charge in [-0.1, -0.05) is 24.3 Å². The maximum Gasteiger partial charge on any atom is 0.240 e. The maximum atomic E-state index is 12.2. The average molecular weight is 401 g/mol. The van der Waals surface area contributed by atoms with Crippen molar-refractivity contribution in [1.29, 1.82) is 0 Å². The van der Waals surface area contributed by atoms with Crippen LogP contribution in [-0.4, -0.2) is 45.4 Å². The highest BCUT2D eigenvalue weighted by molar-refractivity contribution is 7.92. The van der Waals surface area contributed by atoms with Crippen LogP contribution in [-0.2, 0) is 14.8 Å². The van der Waals surface area contributed by atoms with Crippen LogP contribution in [0.3, 0.4) is 0 Å². The normalized spacial score (nSPS) is 16.6. The van der Waals surface area contributed by atoms with Crippen LogP contribution in [0, 0.1) is 0 Å². The van der Waals surface area contributed by atoms with E-state index < -0.39 is 10.0 Å². The Labute approximate surface area is 165 Å². The molecule has 0 unspecified atom stereocenters. The lowest BCUT2D eigenvalue weighted by atomic mass is 9.97. The van der Waals surface area contributed by atoms with Gasteiger partial charge in [0.2, 0.25) is 15.9 Å². The number of carbonyl (C=O) groups is 1. The fraction of sp³-hybridized carbons (Fsp3) is 0.300. The van der Waals surface area contributed by atoms with Gasteiger partial charge >= 0.3 is 0 Å². The lowest BCUT2D eigenvalue weighted by molar-refractivity contribution is -0.130. The topological polar surface area (TPSA) is 82.1 Å². The Morgan fingerprint density at radius 1 is 1.18 bits per heavy atom. The SMILES string of the molecule is CC(=O)N1N=C(c2cccc(NS(C)(=O)=O)c2)C[C@@H]1c1cccc(N(C)C)c1. The number of hydrazone groups is 1. The summed E-state index contributed by atoms with van der Waals surface area (Å²) in [5.74, 6) is -0.138. The number of hydrogen-bond donors (Lipinski definition) is 1. The number of nitrogens with one attached hydrogen (secondary N) is 1. The number of rotatable bonds is 5. The summed E-state index contributed by atoms with van der Waals surface area (Å²) in [6.07, 6.45) is 1.66. The second kappa shape index (κ2) is 7.63. The molecule has 0 saturated carbocycles. The molecule has 0 bridgehead atoms. The van der Waals surface area contributed by atoms with E-state index in [0.29, 0.717) is 12.1 Å². The molecule has 1 heterocycles. The Bertz CT molecular complexity index is 1030. The number of hydrogen-bond acceptors (Lipinski definition) is 5. The Morgan fingerprint density at radius 2 is 1.89 bits per heavy atom. The number of sulfonamides is 1. The number of nitrogens with zero attached hydrogens (tertiary/aromatic N) is 3. The summed E-state index contributed by atoms with van der Waals surface area (Å²) in [5, 5.41) is 6.04. The quantitative estimate of drug-likeness (QED) is 0.837. The van der Waals surface area contributed by atoms with E-state index in [9.17, 15) is 13.2 Å². The van der Waals surface area contributed by atoms with Gasteiger partial charge in [0.15, 0.2) is 0 Å². The molecule has 0 aliphatic carbocycles. The third-order valence-electron chi connectivity index (χ3n) is 4.50. The van der Waals surface area contributed by atoms with E-state index in [-0.39, 0.29) is 11.9 Å². The molecule has 0 aromatic heterocycles. The van der Waals surface area contributed by atoms with Crippen molar-refractivity contribution in [3.63, 3.8) is 0 Å². The molecule has 1 amide bonds. The van der Waals surface area contributed by atoms with Crippen LogP contribution in [0.1, 0.15) is 30.5 Å². The molecule has 2 aromatic carbocycles. The summed E-state index contributed by atoms with van der Waals surface area (Å²) >= 11 is 0. The van der Waals surface area contributed by atoms with Gasteiger partial charge in [0, 0.05) is 38.8 Å². The first kappa shape index (κ1) is 19.9. The van der Waals surface area contributed by atoms with Gasteiger partial charge in [0.25, 0.3) is 0 Å². The second-order valence-corrected chi connectivity index (χ2v) is 8.82. The van der Waals surface area contributed by atoms with E-state index in [2.05, 4.69) is 15.9 Å². The minimum atomic E-state index is -3.37. The summed E-state index contributed by atoms with van der Waals surface area (Å²) in [7, 11) is 0.574. The minimum Gasteiger partial charge on any atom is -0.378 e. The van der Waals surface area contributed by atoms with Gasteiger partial charge in [-0.05, 0) is 35.4 Å². The lowest BCUT2D eigenvalue weighted by Crippen LogP contribution is -2.24. The first-order chi connectivity index (χ1) is 13.1. The molecule has 3 rings (SSSR count). The van der Waals surface area contributed by atoms with Crippen molar-refractivity contribution in [2.45, 2.75) is 19.4 Å². The summed E-state index contributed by atoms with van der Waals surface area (Å²) in [5.41, 5.74) is 4.05. The number of benzene rings is 2. The lowest BCUT2D eigenvalue weighted by Gasteiger charge is -2.22. The largest absolute Gasteiger partial charge is 0.378 e. The van der Waals surface area contributed by atoms with Gasteiger partial charge in [-0.15, -0.1) is 0 Å². The van der Waals surface area contributed by atoms with Crippen molar-refractivity contribution in [2.24, 2.45) is 5.10 Å². The van der Waals surface area contributed by atoms with Crippen molar-refractivity contribution >= 4 is 33.0 Å². The van der Waals surface area contributed by atoms with Gasteiger partial charge < -0.3 is 4.90 Å². The maximum absolute atomic E-state index is 12.2. The van der Waals surface area contributed by atoms with Crippen LogP contribution in [0.4, 0.5) is 11.4 Å². The Hall–Kier alpha value is -2.87. The van der Waals surface area contributed by atoms with Crippen molar-refractivity contribution in [1.82, 2.24) is 5.01 Å². The molecule has 28 heavy (non-hydrogen) atoms. The van der Waals surface area contributed by atoms with E-state index in [0.717, 1.165) is 28.8 Å². The average Bonchev–Trinajstić information content (AvgIpc) is 3.06. The molecule has 0 spiro atoms. The van der Waals surface area contributed by atoms with E-state index in [1.165, 1.54) is 11.9 Å². The minimum absolute atomic E-state index is 0.138. The molecule has 1 atom stereocenters.